The van der Waals surface area contributed by atoms with E-state index in [9.17, 15) is 14.0 Å². The highest BCUT2D eigenvalue weighted by molar-refractivity contribution is 5.69. The summed E-state index contributed by atoms with van der Waals surface area (Å²) in [5, 5.41) is 0. The van der Waals surface area contributed by atoms with Crippen molar-refractivity contribution in [1.29, 1.82) is 0 Å². The van der Waals surface area contributed by atoms with Gasteiger partial charge in [0, 0.05) is 12.5 Å². The van der Waals surface area contributed by atoms with Crippen LogP contribution < -0.4 is 0 Å². The highest BCUT2D eigenvalue weighted by atomic mass is 19.1. The second kappa shape index (κ2) is 7.92. The molecule has 0 bridgehead atoms. The van der Waals surface area contributed by atoms with Gasteiger partial charge in [0.05, 0.1) is 6.04 Å². The number of ether oxygens (including phenoxy) is 1. The number of carbonyl (C=O) groups is 2. The number of nitrogens with zero attached hydrogens (tertiary/aromatic N) is 1. The van der Waals surface area contributed by atoms with Crippen molar-refractivity contribution in [2.24, 2.45) is 5.92 Å². The summed E-state index contributed by atoms with van der Waals surface area (Å²) in [5.74, 6) is -0.432. The third-order valence-corrected chi connectivity index (χ3v) is 4.53. The summed E-state index contributed by atoms with van der Waals surface area (Å²) < 4.78 is 18.6. The molecule has 130 valence electrons. The monoisotopic (exact) mass is 341 g/mol. The van der Waals surface area contributed by atoms with Crippen LogP contribution in [0.4, 0.5) is 9.18 Å². The fourth-order valence-corrected chi connectivity index (χ4v) is 3.14. The van der Waals surface area contributed by atoms with Gasteiger partial charge in [0.15, 0.2) is 0 Å². The first-order valence-electron chi connectivity index (χ1n) is 8.35. The fourth-order valence-electron chi connectivity index (χ4n) is 3.14. The van der Waals surface area contributed by atoms with E-state index in [0.717, 1.165) is 17.4 Å². The minimum atomic E-state index is -0.414. The highest BCUT2D eigenvalue weighted by Gasteiger charge is 2.33. The van der Waals surface area contributed by atoms with Gasteiger partial charge in [-0.1, -0.05) is 42.5 Å². The van der Waals surface area contributed by atoms with Gasteiger partial charge in [-0.3, -0.25) is 0 Å². The topological polar surface area (TPSA) is 46.6 Å². The predicted octanol–water partition coefficient (Wildman–Crippen LogP) is 4.11. The van der Waals surface area contributed by atoms with Gasteiger partial charge in [-0.25, -0.2) is 9.18 Å². The van der Waals surface area contributed by atoms with Gasteiger partial charge in [-0.2, -0.15) is 0 Å². The number of carbonyl (C=O) groups excluding carboxylic acids is 2. The maximum Gasteiger partial charge on any atom is 0.410 e. The van der Waals surface area contributed by atoms with Crippen LogP contribution in [0.15, 0.2) is 54.6 Å². The van der Waals surface area contributed by atoms with Gasteiger partial charge in [-0.05, 0) is 36.1 Å². The highest BCUT2D eigenvalue weighted by Crippen LogP contribution is 2.34. The number of aldehydes is 1. The Kier molecular flexibility index (Phi) is 5.43. The summed E-state index contributed by atoms with van der Waals surface area (Å²) in [7, 11) is 0. The van der Waals surface area contributed by atoms with Crippen molar-refractivity contribution >= 4 is 12.4 Å². The molecule has 1 saturated heterocycles. The zero-order valence-corrected chi connectivity index (χ0v) is 13.8. The summed E-state index contributed by atoms with van der Waals surface area (Å²) in [6.45, 7) is 0.641. The third-order valence-electron chi connectivity index (χ3n) is 4.53. The summed E-state index contributed by atoms with van der Waals surface area (Å²) in [5.41, 5.74) is 1.72. The zero-order valence-electron chi connectivity index (χ0n) is 13.8. The quantitative estimate of drug-likeness (QED) is 0.786. The molecule has 25 heavy (non-hydrogen) atoms. The van der Waals surface area contributed by atoms with Gasteiger partial charge in [0.25, 0.3) is 0 Å². The molecule has 3 rings (SSSR count). The predicted molar refractivity (Wildman–Crippen MR) is 91.3 cm³/mol. The number of piperidine rings is 1. The Morgan fingerprint density at radius 2 is 1.88 bits per heavy atom. The minimum absolute atomic E-state index is 0.103. The molecule has 2 aromatic rings. The lowest BCUT2D eigenvalue weighted by Gasteiger charge is -2.37. The van der Waals surface area contributed by atoms with Gasteiger partial charge in [0.1, 0.15) is 18.7 Å². The van der Waals surface area contributed by atoms with Crippen LogP contribution in [0.2, 0.25) is 0 Å². The molecular weight excluding hydrogens is 321 g/mol. The van der Waals surface area contributed by atoms with E-state index < -0.39 is 6.09 Å². The summed E-state index contributed by atoms with van der Waals surface area (Å²) in [6.07, 6.45) is 1.66. The zero-order chi connectivity index (χ0) is 17.6. The molecule has 0 radical (unpaired) electrons. The third kappa shape index (κ3) is 4.24. The number of hydrogen-bond donors (Lipinski definition) is 0. The molecule has 0 aromatic heterocycles. The average molecular weight is 341 g/mol. The lowest BCUT2D eigenvalue weighted by atomic mass is 9.88. The molecule has 2 atom stereocenters. The van der Waals surface area contributed by atoms with Gasteiger partial charge in [0.2, 0.25) is 0 Å². The van der Waals surface area contributed by atoms with Crippen LogP contribution in [0.5, 0.6) is 0 Å². The van der Waals surface area contributed by atoms with E-state index in [1.54, 1.807) is 17.0 Å². The molecule has 2 aromatic carbocycles. The van der Waals surface area contributed by atoms with Crippen LogP contribution in [-0.4, -0.2) is 23.8 Å². The number of amides is 1. The standard InChI is InChI=1S/C20H20FNO3/c21-18-8-6-17(7-9-18)19-12-16(13-23)10-11-22(19)20(24)25-14-15-4-2-1-3-5-15/h1-9,13,16,19H,10-12,14H2. The van der Waals surface area contributed by atoms with Crippen LogP contribution in [0.25, 0.3) is 0 Å². The maximum absolute atomic E-state index is 13.2. The van der Waals surface area contributed by atoms with Crippen LogP contribution in [-0.2, 0) is 16.1 Å². The molecule has 1 aliphatic heterocycles. The smallest absolute Gasteiger partial charge is 0.410 e. The van der Waals surface area contributed by atoms with Crippen LogP contribution in [0, 0.1) is 11.7 Å². The Morgan fingerprint density at radius 3 is 2.56 bits per heavy atom. The number of likely N-dealkylation sites (tertiary alicyclic amines) is 1. The van der Waals surface area contributed by atoms with Gasteiger partial charge in [-0.15, -0.1) is 0 Å². The Bertz CT molecular complexity index is 717. The lowest BCUT2D eigenvalue weighted by molar-refractivity contribution is -0.113. The number of benzene rings is 2. The van der Waals surface area contributed by atoms with Crippen molar-refractivity contribution in [3.05, 3.63) is 71.5 Å². The van der Waals surface area contributed by atoms with Crippen molar-refractivity contribution < 1.29 is 18.7 Å². The first-order chi connectivity index (χ1) is 12.2. The largest absolute Gasteiger partial charge is 0.445 e. The fraction of sp³-hybridized carbons (Fsp3) is 0.300. The Balaban J connectivity index is 1.73. The van der Waals surface area contributed by atoms with Crippen molar-refractivity contribution in [2.75, 3.05) is 6.54 Å². The molecule has 1 aliphatic rings. The number of halogens is 1. The molecule has 1 amide bonds. The molecule has 1 heterocycles. The normalized spacial score (nSPS) is 20.1. The van der Waals surface area contributed by atoms with Gasteiger partial charge >= 0.3 is 6.09 Å². The molecule has 0 saturated carbocycles. The maximum atomic E-state index is 13.2. The Morgan fingerprint density at radius 1 is 1.16 bits per heavy atom. The van der Waals surface area contributed by atoms with Crippen molar-refractivity contribution in [2.45, 2.75) is 25.5 Å². The van der Waals surface area contributed by atoms with E-state index in [0.29, 0.717) is 19.4 Å². The summed E-state index contributed by atoms with van der Waals surface area (Å²) in [4.78, 5) is 25.4. The molecule has 0 aliphatic carbocycles. The SMILES string of the molecule is O=CC1CCN(C(=O)OCc2ccccc2)C(c2ccc(F)cc2)C1. The van der Waals surface area contributed by atoms with Crippen molar-refractivity contribution in [3.8, 4) is 0 Å². The van der Waals surface area contributed by atoms with E-state index in [1.807, 2.05) is 30.3 Å². The van der Waals surface area contributed by atoms with E-state index in [2.05, 4.69) is 0 Å². The van der Waals surface area contributed by atoms with E-state index >= 15 is 0 Å². The Hall–Kier alpha value is -2.69. The number of rotatable bonds is 4. The Labute approximate surface area is 146 Å². The molecule has 0 spiro atoms. The molecule has 2 unspecified atom stereocenters. The molecule has 5 heteroatoms. The van der Waals surface area contributed by atoms with Gasteiger partial charge < -0.3 is 14.4 Å². The molecule has 4 nitrogen and oxygen atoms in total. The lowest BCUT2D eigenvalue weighted by Crippen LogP contribution is -2.41. The van der Waals surface area contributed by atoms with E-state index in [-0.39, 0.29) is 24.4 Å². The van der Waals surface area contributed by atoms with Crippen LogP contribution in [0.1, 0.15) is 30.0 Å². The van der Waals surface area contributed by atoms with Crippen LogP contribution >= 0.6 is 0 Å². The minimum Gasteiger partial charge on any atom is -0.445 e. The summed E-state index contributed by atoms with van der Waals surface area (Å²) in [6, 6.07) is 15.2. The number of hydrogen-bond acceptors (Lipinski definition) is 3. The molecule has 1 fully saturated rings. The van der Waals surface area contributed by atoms with Crippen LogP contribution in [0.3, 0.4) is 0 Å². The molecule has 0 N–H and O–H groups in total. The first-order valence-corrected chi connectivity index (χ1v) is 8.35. The average Bonchev–Trinajstić information content (AvgIpc) is 2.67. The summed E-state index contributed by atoms with van der Waals surface area (Å²) >= 11 is 0. The second-order valence-electron chi connectivity index (χ2n) is 6.22. The van der Waals surface area contributed by atoms with E-state index in [4.69, 9.17) is 4.74 Å². The van der Waals surface area contributed by atoms with Crippen molar-refractivity contribution in [3.63, 3.8) is 0 Å². The van der Waals surface area contributed by atoms with Crippen molar-refractivity contribution in [1.82, 2.24) is 4.90 Å². The van der Waals surface area contributed by atoms with E-state index in [1.165, 1.54) is 12.1 Å². The second-order valence-corrected chi connectivity index (χ2v) is 6.22. The molecular formula is C20H20FNO3. The first kappa shape index (κ1) is 17.1.